The van der Waals surface area contributed by atoms with Crippen molar-refractivity contribution in [3.05, 3.63) is 74.8 Å². The van der Waals surface area contributed by atoms with Crippen LogP contribution in [-0.2, 0) is 13.6 Å². The Bertz CT molecular complexity index is 1410. The average Bonchev–Trinajstić information content (AvgIpc) is 3.04. The summed E-state index contributed by atoms with van der Waals surface area (Å²) in [6, 6.07) is 4.80. The van der Waals surface area contributed by atoms with Crippen molar-refractivity contribution in [2.75, 3.05) is 13.2 Å². The first kappa shape index (κ1) is 45.1. The van der Waals surface area contributed by atoms with E-state index in [0.717, 1.165) is 57.1 Å². The molecule has 2 rings (SSSR count). The standard InChI is InChI=1S/C36H49Cl2O10P.H3N/c1-2-3-4-5-6-7-8-9-10-11-12-13-14-15-16-17-20-47-49(45,46)48-21-18-19-28(26-22-29(35(41)42)33(39)31(37)24-26)27-23-30(36(43)44)34(40)32(38)25-27;/h9-10,19,22-25,39-40H,2-8,11-18,20-21H2,1H3,(H,41,42)(H,43,44)(H,45,46);1H3. The van der Waals surface area contributed by atoms with Crippen molar-refractivity contribution in [3.63, 3.8) is 0 Å². The SMILES string of the molecule is CCCCCCCCC=CCCCCCCCCOP(=O)(O)OCCC=C(c1cc(Cl)c(O)c(C(=O)O)c1)c1cc(Cl)c(O)c(C(=O)O)c1.N. The fourth-order valence-electron chi connectivity index (χ4n) is 5.18. The lowest BCUT2D eigenvalue weighted by atomic mass is 9.93. The summed E-state index contributed by atoms with van der Waals surface area (Å²) in [4.78, 5) is 33.5. The Hall–Kier alpha value is -2.89. The number of carboxylic acid groups (broad SMARTS) is 2. The zero-order chi connectivity index (χ0) is 36.2. The first-order valence-electron chi connectivity index (χ1n) is 16.9. The number of rotatable bonds is 25. The monoisotopic (exact) mass is 759 g/mol. The molecule has 0 saturated heterocycles. The Morgan fingerprint density at radius 2 is 1.10 bits per heavy atom. The van der Waals surface area contributed by atoms with Crippen molar-refractivity contribution >= 4 is 48.5 Å². The van der Waals surface area contributed by atoms with Crippen molar-refractivity contribution in [2.24, 2.45) is 0 Å². The van der Waals surface area contributed by atoms with Gasteiger partial charge in [0.2, 0.25) is 0 Å². The van der Waals surface area contributed by atoms with Crippen LogP contribution in [0.3, 0.4) is 0 Å². The van der Waals surface area contributed by atoms with E-state index in [-0.39, 0.29) is 52.5 Å². The summed E-state index contributed by atoms with van der Waals surface area (Å²) in [6.07, 6.45) is 22.1. The Balaban J connectivity index is 0.0000125. The maximum atomic E-state index is 12.4. The van der Waals surface area contributed by atoms with Crippen LogP contribution in [0.1, 0.15) is 135 Å². The number of carbonyl (C=O) groups is 2. The summed E-state index contributed by atoms with van der Waals surface area (Å²) >= 11 is 12.2. The van der Waals surface area contributed by atoms with Gasteiger partial charge in [-0.05, 0) is 79.5 Å². The van der Waals surface area contributed by atoms with E-state index in [1.165, 1.54) is 56.7 Å². The number of unbranched alkanes of at least 4 members (excludes halogenated alkanes) is 12. The van der Waals surface area contributed by atoms with Gasteiger partial charge in [0, 0.05) is 0 Å². The van der Waals surface area contributed by atoms with Crippen LogP contribution < -0.4 is 6.15 Å². The van der Waals surface area contributed by atoms with Crippen molar-refractivity contribution in [1.82, 2.24) is 6.15 Å². The predicted molar refractivity (Wildman–Crippen MR) is 198 cm³/mol. The molecule has 11 nitrogen and oxygen atoms in total. The first-order chi connectivity index (χ1) is 23.4. The second-order valence-electron chi connectivity index (χ2n) is 11.8. The summed E-state index contributed by atoms with van der Waals surface area (Å²) in [5.41, 5.74) is -0.460. The fourth-order valence-corrected chi connectivity index (χ4v) is 6.38. The van der Waals surface area contributed by atoms with Crippen molar-refractivity contribution < 1.29 is 48.5 Å². The van der Waals surface area contributed by atoms with E-state index < -0.39 is 42.4 Å². The third-order valence-electron chi connectivity index (χ3n) is 7.84. The maximum Gasteiger partial charge on any atom is 0.472 e. The molecule has 280 valence electrons. The largest absolute Gasteiger partial charge is 0.505 e. The molecule has 0 amide bonds. The molecule has 0 aliphatic rings. The van der Waals surface area contributed by atoms with Crippen molar-refractivity contribution in [3.8, 4) is 11.5 Å². The van der Waals surface area contributed by atoms with Gasteiger partial charge in [-0.15, -0.1) is 0 Å². The summed E-state index contributed by atoms with van der Waals surface area (Å²) in [6.45, 7) is 2.01. The minimum absolute atomic E-state index is 0. The molecule has 1 atom stereocenters. The van der Waals surface area contributed by atoms with E-state index in [1.807, 2.05) is 0 Å². The van der Waals surface area contributed by atoms with E-state index in [4.69, 9.17) is 32.2 Å². The lowest BCUT2D eigenvalue weighted by molar-refractivity contribution is 0.0682. The predicted octanol–water partition coefficient (Wildman–Crippen LogP) is 11.0. The Kier molecular flexibility index (Phi) is 22.0. The molecule has 50 heavy (non-hydrogen) atoms. The maximum absolute atomic E-state index is 12.4. The molecule has 1 unspecified atom stereocenters. The number of allylic oxidation sites excluding steroid dienone is 2. The summed E-state index contributed by atoms with van der Waals surface area (Å²) in [5.74, 6) is -4.23. The Morgan fingerprint density at radius 3 is 1.56 bits per heavy atom. The second kappa shape index (κ2) is 24.3. The molecule has 0 radical (unpaired) electrons. The van der Waals surface area contributed by atoms with E-state index in [1.54, 1.807) is 0 Å². The van der Waals surface area contributed by atoms with Gasteiger partial charge in [-0.3, -0.25) is 9.05 Å². The number of hydrogen-bond donors (Lipinski definition) is 6. The zero-order valence-electron chi connectivity index (χ0n) is 28.7. The molecule has 2 aromatic carbocycles. The molecule has 0 aliphatic heterocycles. The van der Waals surface area contributed by atoms with Gasteiger partial charge in [0.1, 0.15) is 22.6 Å². The smallest absolute Gasteiger partial charge is 0.472 e. The fraction of sp³-hybridized carbons (Fsp3) is 0.500. The number of benzene rings is 2. The second-order valence-corrected chi connectivity index (χ2v) is 14.1. The molecular weight excluding hydrogens is 708 g/mol. The molecular formula is C36H52Cl2NO10P. The highest BCUT2D eigenvalue weighted by atomic mass is 35.5. The van der Waals surface area contributed by atoms with Gasteiger partial charge in [0.25, 0.3) is 0 Å². The highest BCUT2D eigenvalue weighted by Crippen LogP contribution is 2.44. The molecule has 14 heteroatoms. The molecule has 8 N–H and O–H groups in total. The van der Waals surface area contributed by atoms with Gasteiger partial charge in [0.15, 0.2) is 0 Å². The first-order valence-corrected chi connectivity index (χ1v) is 19.1. The third-order valence-corrected chi connectivity index (χ3v) is 9.43. The number of aromatic hydroxyl groups is 2. The van der Waals surface area contributed by atoms with Crippen LogP contribution in [0, 0.1) is 0 Å². The van der Waals surface area contributed by atoms with Crippen LogP contribution in [-0.4, -0.2) is 50.5 Å². The van der Waals surface area contributed by atoms with Crippen LogP contribution in [0.4, 0.5) is 0 Å². The number of halogens is 2. The molecule has 0 heterocycles. The summed E-state index contributed by atoms with van der Waals surface area (Å²) < 4.78 is 22.6. The number of phenols is 2. The molecule has 0 aliphatic carbocycles. The quantitative estimate of drug-likeness (QED) is 0.0319. The number of phosphoric ester groups is 1. The van der Waals surface area contributed by atoms with Gasteiger partial charge in [0.05, 0.1) is 23.3 Å². The summed E-state index contributed by atoms with van der Waals surface area (Å²) in [7, 11) is -4.36. The van der Waals surface area contributed by atoms with Crippen molar-refractivity contribution in [2.45, 2.75) is 103 Å². The Morgan fingerprint density at radius 1 is 0.680 bits per heavy atom. The van der Waals surface area contributed by atoms with E-state index in [2.05, 4.69) is 19.1 Å². The highest BCUT2D eigenvalue weighted by Gasteiger charge is 2.22. The van der Waals surface area contributed by atoms with Gasteiger partial charge in [-0.2, -0.15) is 0 Å². The zero-order valence-corrected chi connectivity index (χ0v) is 31.2. The summed E-state index contributed by atoms with van der Waals surface area (Å²) in [5, 5.41) is 38.7. The minimum atomic E-state index is -4.36. The van der Waals surface area contributed by atoms with Crippen LogP contribution in [0.25, 0.3) is 5.57 Å². The van der Waals surface area contributed by atoms with Crippen LogP contribution in [0.15, 0.2) is 42.5 Å². The normalized spacial score (nSPS) is 12.4. The molecule has 0 bridgehead atoms. The van der Waals surface area contributed by atoms with Crippen molar-refractivity contribution in [1.29, 1.82) is 0 Å². The lowest BCUT2D eigenvalue weighted by Gasteiger charge is -2.15. The lowest BCUT2D eigenvalue weighted by Crippen LogP contribution is -2.02. The molecule has 0 spiro atoms. The van der Waals surface area contributed by atoms with Crippen LogP contribution in [0.2, 0.25) is 10.0 Å². The molecule has 0 fully saturated rings. The van der Waals surface area contributed by atoms with Gasteiger partial charge in [-0.1, -0.05) is 106 Å². The minimum Gasteiger partial charge on any atom is -0.505 e. The highest BCUT2D eigenvalue weighted by molar-refractivity contribution is 7.47. The number of aromatic carboxylic acids is 2. The van der Waals surface area contributed by atoms with Crippen LogP contribution in [0.5, 0.6) is 11.5 Å². The molecule has 0 aromatic heterocycles. The van der Waals surface area contributed by atoms with Crippen LogP contribution >= 0.6 is 31.0 Å². The number of hydrogen-bond acceptors (Lipinski definition) is 8. The number of carboxylic acids is 2. The Labute approximate surface area is 305 Å². The van der Waals surface area contributed by atoms with E-state index in [0.29, 0.717) is 6.42 Å². The van der Waals surface area contributed by atoms with E-state index >= 15 is 0 Å². The molecule has 0 saturated carbocycles. The molecule has 2 aromatic rings. The number of phosphoric acid groups is 1. The van der Waals surface area contributed by atoms with Gasteiger partial charge < -0.3 is 31.5 Å². The average molecular weight is 761 g/mol. The third kappa shape index (κ3) is 16.4. The van der Waals surface area contributed by atoms with Gasteiger partial charge in [-0.25, -0.2) is 14.2 Å². The van der Waals surface area contributed by atoms with Gasteiger partial charge >= 0.3 is 19.8 Å². The topological polar surface area (TPSA) is 206 Å². The van der Waals surface area contributed by atoms with E-state index in [9.17, 15) is 39.5 Å².